The summed E-state index contributed by atoms with van der Waals surface area (Å²) >= 11 is 0. The van der Waals surface area contributed by atoms with Crippen LogP contribution in [0.15, 0.2) is 121 Å². The van der Waals surface area contributed by atoms with Crippen LogP contribution in [0.1, 0.15) is 18.4 Å². The number of rotatable bonds is 8. The first-order valence-electron chi connectivity index (χ1n) is 10.7. The summed E-state index contributed by atoms with van der Waals surface area (Å²) in [6.45, 7) is 0. The van der Waals surface area contributed by atoms with Gasteiger partial charge in [0, 0.05) is 0 Å². The van der Waals surface area contributed by atoms with E-state index in [1.165, 1.54) is 5.56 Å². The number of hydrogen-bond acceptors (Lipinski definition) is 2. The van der Waals surface area contributed by atoms with E-state index in [0.717, 1.165) is 28.8 Å². The molecule has 0 fully saturated rings. The van der Waals surface area contributed by atoms with Gasteiger partial charge in [0.1, 0.15) is 0 Å². The Morgan fingerprint density at radius 2 is 0.968 bits per heavy atom. The summed E-state index contributed by atoms with van der Waals surface area (Å²) in [4.78, 5) is 13.2. The molecule has 4 aromatic carbocycles. The molecule has 0 bridgehead atoms. The average Bonchev–Trinajstić information content (AvgIpc) is 2.85. The Morgan fingerprint density at radius 1 is 0.581 bits per heavy atom. The van der Waals surface area contributed by atoms with Gasteiger partial charge >= 0.3 is 185 Å². The van der Waals surface area contributed by atoms with E-state index in [4.69, 9.17) is 4.52 Å². The van der Waals surface area contributed by atoms with Crippen molar-refractivity contribution in [1.29, 1.82) is 0 Å². The number of hydrogen-bond donors (Lipinski definition) is 0. The number of benzene rings is 4. The van der Waals surface area contributed by atoms with Gasteiger partial charge in [-0.3, -0.25) is 0 Å². The fourth-order valence-corrected chi connectivity index (χ4v) is 7.78. The zero-order chi connectivity index (χ0) is 21.4. The number of carbonyl (C=O) groups excluding carboxylic acids is 1. The molecule has 0 aromatic heterocycles. The van der Waals surface area contributed by atoms with Crippen molar-refractivity contribution in [3.05, 3.63) is 127 Å². The standard InChI is InChI=1S/C28H27O2P/c29-28(23-13-16-24-14-5-1-6-15-24)30-31(25-17-7-2-8-18-25,26-19-9-3-10-20-26)27-21-11-4-12-22-27/h1-12,14-15,17-22,31H,13,16,23H2. The molecule has 4 aromatic rings. The summed E-state index contributed by atoms with van der Waals surface area (Å²) in [7, 11) is -2.97. The van der Waals surface area contributed by atoms with E-state index in [9.17, 15) is 4.79 Å². The molecule has 0 N–H and O–H groups in total. The maximum absolute atomic E-state index is 13.2. The van der Waals surface area contributed by atoms with Crippen molar-refractivity contribution in [1.82, 2.24) is 0 Å². The Bertz CT molecular complexity index is 984. The van der Waals surface area contributed by atoms with E-state index >= 15 is 0 Å². The topological polar surface area (TPSA) is 26.3 Å². The molecule has 3 heteroatoms. The quantitative estimate of drug-likeness (QED) is 0.362. The summed E-state index contributed by atoms with van der Waals surface area (Å²) in [6, 6.07) is 40.9. The minimum atomic E-state index is -2.97. The zero-order valence-corrected chi connectivity index (χ0v) is 18.5. The molecule has 0 atom stereocenters. The van der Waals surface area contributed by atoms with E-state index in [2.05, 4.69) is 48.5 Å². The molecule has 31 heavy (non-hydrogen) atoms. The van der Waals surface area contributed by atoms with Gasteiger partial charge in [-0.05, 0) is 0 Å². The molecule has 0 radical (unpaired) electrons. The molecular formula is C28H27O2P. The number of aryl methyl sites for hydroxylation is 1. The summed E-state index contributed by atoms with van der Waals surface area (Å²) in [5.41, 5.74) is 1.24. The van der Waals surface area contributed by atoms with Crippen molar-refractivity contribution in [3.8, 4) is 0 Å². The van der Waals surface area contributed by atoms with Crippen LogP contribution in [0, 0.1) is 0 Å². The SMILES string of the molecule is O=C(CCCc1ccccc1)O[PH](c1ccccc1)(c1ccccc1)c1ccccc1. The fraction of sp³-hybridized carbons (Fsp3) is 0.107. The molecule has 0 unspecified atom stereocenters. The molecule has 0 saturated heterocycles. The third-order valence-corrected chi connectivity index (χ3v) is 9.47. The second-order valence-corrected chi connectivity index (χ2v) is 10.9. The predicted octanol–water partition coefficient (Wildman–Crippen LogP) is 5.19. The molecule has 0 aliphatic heterocycles. The van der Waals surface area contributed by atoms with Crippen LogP contribution in [0.4, 0.5) is 0 Å². The monoisotopic (exact) mass is 426 g/mol. The molecule has 0 aliphatic carbocycles. The van der Waals surface area contributed by atoms with Crippen LogP contribution in [0.3, 0.4) is 0 Å². The van der Waals surface area contributed by atoms with Crippen LogP contribution in [-0.4, -0.2) is 5.97 Å². The van der Waals surface area contributed by atoms with Gasteiger partial charge in [-0.15, -0.1) is 0 Å². The Hall–Kier alpha value is -3.22. The first-order valence-corrected chi connectivity index (χ1v) is 12.6. The first-order chi connectivity index (χ1) is 15.3. The third-order valence-electron chi connectivity index (χ3n) is 5.50. The van der Waals surface area contributed by atoms with Crippen molar-refractivity contribution in [2.24, 2.45) is 0 Å². The summed E-state index contributed by atoms with van der Waals surface area (Å²) in [5.74, 6) is -0.140. The molecule has 156 valence electrons. The zero-order valence-electron chi connectivity index (χ0n) is 17.5. The maximum atomic E-state index is 13.2. The van der Waals surface area contributed by atoms with Crippen molar-refractivity contribution < 1.29 is 9.32 Å². The van der Waals surface area contributed by atoms with Crippen molar-refractivity contribution in [3.63, 3.8) is 0 Å². The van der Waals surface area contributed by atoms with Gasteiger partial charge in [0.15, 0.2) is 0 Å². The van der Waals surface area contributed by atoms with E-state index in [0.29, 0.717) is 6.42 Å². The Morgan fingerprint density at radius 3 is 1.39 bits per heavy atom. The average molecular weight is 426 g/mol. The van der Waals surface area contributed by atoms with Gasteiger partial charge in [0.2, 0.25) is 0 Å². The fourth-order valence-electron chi connectivity index (χ4n) is 4.00. The van der Waals surface area contributed by atoms with Crippen molar-refractivity contribution in [2.45, 2.75) is 19.3 Å². The van der Waals surface area contributed by atoms with Crippen LogP contribution >= 0.6 is 7.49 Å². The van der Waals surface area contributed by atoms with E-state index < -0.39 is 7.49 Å². The second-order valence-electron chi connectivity index (χ2n) is 7.59. The third kappa shape index (κ3) is 4.93. The number of carbonyl (C=O) groups is 1. The van der Waals surface area contributed by atoms with Gasteiger partial charge in [-0.2, -0.15) is 0 Å². The second kappa shape index (κ2) is 10.2. The van der Waals surface area contributed by atoms with Crippen molar-refractivity contribution in [2.75, 3.05) is 0 Å². The van der Waals surface area contributed by atoms with Gasteiger partial charge < -0.3 is 0 Å². The van der Waals surface area contributed by atoms with Gasteiger partial charge in [0.25, 0.3) is 0 Å². The Labute approximate surface area is 185 Å². The van der Waals surface area contributed by atoms with E-state index in [1.54, 1.807) is 0 Å². The molecule has 0 heterocycles. The molecule has 0 saturated carbocycles. The van der Waals surface area contributed by atoms with Gasteiger partial charge in [-0.25, -0.2) is 0 Å². The summed E-state index contributed by atoms with van der Waals surface area (Å²) in [6.07, 6.45) is 2.04. The Kier molecular flexibility index (Phi) is 6.92. The van der Waals surface area contributed by atoms with Gasteiger partial charge in [-0.1, -0.05) is 0 Å². The van der Waals surface area contributed by atoms with Gasteiger partial charge in [0.05, 0.1) is 0 Å². The summed E-state index contributed by atoms with van der Waals surface area (Å²) < 4.78 is 6.53. The molecule has 0 amide bonds. The predicted molar refractivity (Wildman–Crippen MR) is 132 cm³/mol. The molecule has 0 spiro atoms. The molecular weight excluding hydrogens is 399 g/mol. The first kappa shape index (κ1) is 21.0. The van der Waals surface area contributed by atoms with Crippen molar-refractivity contribution >= 4 is 29.4 Å². The summed E-state index contributed by atoms with van der Waals surface area (Å²) in [5, 5.41) is 3.22. The molecule has 0 aliphatic rings. The van der Waals surface area contributed by atoms with Crippen LogP contribution in [0.2, 0.25) is 0 Å². The molecule has 4 rings (SSSR count). The normalized spacial score (nSPS) is 11.6. The van der Waals surface area contributed by atoms with E-state index in [1.807, 2.05) is 72.8 Å². The Balaban J connectivity index is 1.67. The van der Waals surface area contributed by atoms with Crippen LogP contribution in [-0.2, 0) is 15.7 Å². The van der Waals surface area contributed by atoms with Crippen LogP contribution in [0.25, 0.3) is 0 Å². The van der Waals surface area contributed by atoms with Crippen LogP contribution < -0.4 is 15.9 Å². The minimum absolute atomic E-state index is 0.140. The van der Waals surface area contributed by atoms with E-state index in [-0.39, 0.29) is 5.97 Å². The van der Waals surface area contributed by atoms with Crippen LogP contribution in [0.5, 0.6) is 0 Å². The molecule has 2 nitrogen and oxygen atoms in total.